The normalized spacial score (nSPS) is 17.0. The summed E-state index contributed by atoms with van der Waals surface area (Å²) >= 11 is 0. The molecule has 0 heterocycles. The van der Waals surface area contributed by atoms with E-state index in [0.29, 0.717) is 0 Å². The summed E-state index contributed by atoms with van der Waals surface area (Å²) in [6.07, 6.45) is 0. The first-order valence-corrected chi connectivity index (χ1v) is 7.15. The van der Waals surface area contributed by atoms with Crippen LogP contribution in [-0.2, 0) is 4.57 Å². The predicted octanol–water partition coefficient (Wildman–Crippen LogP) is 2.38. The average molecular weight is 190 g/mol. The van der Waals surface area contributed by atoms with Crippen molar-refractivity contribution in [3.63, 3.8) is 0 Å². The Morgan fingerprint density at radius 2 is 1.60 bits per heavy atom. The maximum Gasteiger partial charge on any atom is 0.626 e. The third kappa shape index (κ3) is 2.88. The van der Waals surface area contributed by atoms with Crippen molar-refractivity contribution in [3.8, 4) is 0 Å². The van der Waals surface area contributed by atoms with Crippen molar-refractivity contribution in [1.29, 1.82) is 0 Å². The van der Waals surface area contributed by atoms with Gasteiger partial charge < -0.3 is 4.57 Å². The van der Waals surface area contributed by atoms with E-state index >= 15 is 0 Å². The van der Waals surface area contributed by atoms with E-state index in [0.717, 1.165) is 6.92 Å². The van der Waals surface area contributed by atoms with Gasteiger partial charge in [-0.3, -0.25) is 0 Å². The van der Waals surface area contributed by atoms with Crippen molar-refractivity contribution in [2.45, 2.75) is 12.2 Å². The van der Waals surface area contributed by atoms with Crippen LogP contribution in [0.5, 0.6) is 0 Å². The Labute approximate surface area is 59.5 Å². The second-order valence-electron chi connectivity index (χ2n) is 2.65. The van der Waals surface area contributed by atoms with Crippen molar-refractivity contribution >= 4 is 16.2 Å². The van der Waals surface area contributed by atoms with Crippen molar-refractivity contribution in [3.05, 3.63) is 0 Å². The van der Waals surface area contributed by atoms with Crippen LogP contribution >= 0.6 is 7.14 Å². The zero-order valence-electron chi connectivity index (χ0n) is 6.07. The number of halogens is 3. The standard InChI is InChI=1S/C4H10F3OPSi/c1-4(9(2,3)8)10(5,6)7/h4H,1-3H3. The molecule has 0 aliphatic heterocycles. The lowest BCUT2D eigenvalue weighted by Crippen LogP contribution is -2.31. The van der Waals surface area contributed by atoms with Crippen LogP contribution < -0.4 is 0 Å². The molecule has 62 valence electrons. The molecule has 0 aliphatic carbocycles. The van der Waals surface area contributed by atoms with Crippen LogP contribution in [0.2, 0.25) is 0 Å². The molecule has 0 fully saturated rings. The minimum atomic E-state index is -5.66. The summed E-state index contributed by atoms with van der Waals surface area (Å²) in [6, 6.07) is 0. The van der Waals surface area contributed by atoms with Crippen LogP contribution in [-0.4, -0.2) is 27.7 Å². The highest BCUT2D eigenvalue weighted by Crippen LogP contribution is 2.47. The maximum absolute atomic E-state index is 11.9. The van der Waals surface area contributed by atoms with Crippen molar-refractivity contribution in [1.82, 2.24) is 0 Å². The van der Waals surface area contributed by atoms with E-state index in [-0.39, 0.29) is 0 Å². The van der Waals surface area contributed by atoms with Crippen LogP contribution in [0.15, 0.2) is 0 Å². The monoisotopic (exact) mass is 190 g/mol. The SMILES string of the molecule is CC([Si](F)(F)F)P(C)(C)=O. The summed E-state index contributed by atoms with van der Waals surface area (Å²) in [5.74, 6) is 0. The van der Waals surface area contributed by atoms with Gasteiger partial charge in [-0.2, -0.15) is 0 Å². The molecule has 0 aliphatic rings. The Balaban J connectivity index is 4.39. The number of rotatable bonds is 2. The summed E-state index contributed by atoms with van der Waals surface area (Å²) in [5, 5.41) is -1.54. The second-order valence-corrected chi connectivity index (χ2v) is 8.73. The van der Waals surface area contributed by atoms with Gasteiger partial charge in [0, 0.05) is 0 Å². The van der Waals surface area contributed by atoms with Crippen molar-refractivity contribution < 1.29 is 16.9 Å². The van der Waals surface area contributed by atoms with E-state index in [1.54, 1.807) is 0 Å². The number of hydrogen-bond donors (Lipinski definition) is 0. The lowest BCUT2D eigenvalue weighted by Gasteiger charge is -2.16. The molecule has 0 rings (SSSR count). The summed E-state index contributed by atoms with van der Waals surface area (Å²) in [7, 11) is -8.60. The molecular formula is C4H10F3OPSi. The van der Waals surface area contributed by atoms with Crippen LogP contribution in [0.4, 0.5) is 12.3 Å². The summed E-state index contributed by atoms with van der Waals surface area (Å²) < 4.78 is 46.6. The molecule has 0 aromatic carbocycles. The molecule has 0 radical (unpaired) electrons. The zero-order chi connectivity index (χ0) is 8.58. The van der Waals surface area contributed by atoms with Gasteiger partial charge in [-0.05, 0) is 13.3 Å². The van der Waals surface area contributed by atoms with Gasteiger partial charge in [-0.1, -0.05) is 6.92 Å². The lowest BCUT2D eigenvalue weighted by molar-refractivity contribution is 0.462. The summed E-state index contributed by atoms with van der Waals surface area (Å²) in [6.45, 7) is 3.36. The van der Waals surface area contributed by atoms with Gasteiger partial charge in [0.1, 0.15) is 0 Å². The van der Waals surface area contributed by atoms with Gasteiger partial charge >= 0.3 is 9.08 Å². The molecule has 6 heteroatoms. The quantitative estimate of drug-likeness (QED) is 0.371. The first kappa shape index (κ1) is 10.2. The number of hydrogen-bond acceptors (Lipinski definition) is 1. The molecule has 0 amide bonds. The topological polar surface area (TPSA) is 17.1 Å². The van der Waals surface area contributed by atoms with Gasteiger partial charge in [-0.15, -0.1) is 0 Å². The highest BCUT2D eigenvalue weighted by Gasteiger charge is 2.50. The van der Waals surface area contributed by atoms with Crippen LogP contribution in [0.25, 0.3) is 0 Å². The van der Waals surface area contributed by atoms with E-state index in [1.807, 2.05) is 0 Å². The third-order valence-corrected chi connectivity index (χ3v) is 6.96. The lowest BCUT2D eigenvalue weighted by atomic mass is 11.0. The summed E-state index contributed by atoms with van der Waals surface area (Å²) in [4.78, 5) is 0. The molecule has 0 aromatic rings. The van der Waals surface area contributed by atoms with E-state index in [2.05, 4.69) is 0 Å². The Bertz CT molecular complexity index is 160. The molecule has 0 saturated carbocycles. The Morgan fingerprint density at radius 1 is 1.30 bits per heavy atom. The van der Waals surface area contributed by atoms with Gasteiger partial charge in [0.2, 0.25) is 0 Å². The van der Waals surface area contributed by atoms with Crippen LogP contribution in [0.1, 0.15) is 6.92 Å². The minimum Gasteiger partial charge on any atom is -0.324 e. The van der Waals surface area contributed by atoms with Crippen molar-refractivity contribution in [2.24, 2.45) is 0 Å². The molecule has 0 bridgehead atoms. The van der Waals surface area contributed by atoms with E-state index in [4.69, 9.17) is 0 Å². The smallest absolute Gasteiger partial charge is 0.324 e. The fourth-order valence-corrected chi connectivity index (χ4v) is 3.17. The first-order valence-electron chi connectivity index (χ1n) is 2.77. The molecule has 0 saturated heterocycles. The Kier molecular flexibility index (Phi) is 2.76. The van der Waals surface area contributed by atoms with Crippen LogP contribution in [0.3, 0.4) is 0 Å². The fourth-order valence-electron chi connectivity index (χ4n) is 0.353. The highest BCUT2D eigenvalue weighted by molar-refractivity contribution is 7.65. The molecule has 0 aromatic heterocycles. The average Bonchev–Trinajstić information content (AvgIpc) is 1.59. The largest absolute Gasteiger partial charge is 0.626 e. The molecule has 1 nitrogen and oxygen atoms in total. The molecule has 1 atom stereocenters. The van der Waals surface area contributed by atoms with Crippen LogP contribution in [0, 0.1) is 0 Å². The Morgan fingerprint density at radius 3 is 1.60 bits per heavy atom. The molecule has 10 heavy (non-hydrogen) atoms. The highest BCUT2D eigenvalue weighted by atomic mass is 31.2. The zero-order valence-corrected chi connectivity index (χ0v) is 7.96. The van der Waals surface area contributed by atoms with Gasteiger partial charge in [0.05, 0.1) is 12.4 Å². The van der Waals surface area contributed by atoms with Gasteiger partial charge in [0.15, 0.2) is 0 Å². The first-order chi connectivity index (χ1) is 4.15. The molecular weight excluding hydrogens is 180 g/mol. The fraction of sp³-hybridized carbons (Fsp3) is 1.00. The third-order valence-electron chi connectivity index (χ3n) is 1.41. The Hall–Kier alpha value is 0.237. The molecule has 1 unspecified atom stereocenters. The molecule has 0 spiro atoms. The maximum atomic E-state index is 11.9. The van der Waals surface area contributed by atoms with E-state index in [1.165, 1.54) is 13.3 Å². The van der Waals surface area contributed by atoms with Crippen molar-refractivity contribution in [2.75, 3.05) is 13.3 Å². The van der Waals surface area contributed by atoms with Gasteiger partial charge in [-0.25, -0.2) is 12.3 Å². The van der Waals surface area contributed by atoms with E-state index in [9.17, 15) is 16.9 Å². The second kappa shape index (κ2) is 2.70. The minimum absolute atomic E-state index is 1.01. The molecule has 0 N–H and O–H groups in total. The van der Waals surface area contributed by atoms with E-state index < -0.39 is 21.5 Å². The van der Waals surface area contributed by atoms with Gasteiger partial charge in [0.25, 0.3) is 0 Å². The predicted molar refractivity (Wildman–Crippen MR) is 38.0 cm³/mol. The summed E-state index contributed by atoms with van der Waals surface area (Å²) in [5.41, 5.74) is 0.